The zero-order valence-electron chi connectivity index (χ0n) is 16.0. The number of rotatable bonds is 6. The van der Waals surface area contributed by atoms with Gasteiger partial charge in [0, 0.05) is 11.7 Å². The van der Waals surface area contributed by atoms with Gasteiger partial charge in [-0.2, -0.15) is 0 Å². The van der Waals surface area contributed by atoms with Gasteiger partial charge in [-0.3, -0.25) is 0 Å². The van der Waals surface area contributed by atoms with Crippen molar-refractivity contribution in [3.63, 3.8) is 0 Å². The largest absolute Gasteiger partial charge is 0.573 e. The quantitative estimate of drug-likeness (QED) is 0.594. The highest BCUT2D eigenvalue weighted by Crippen LogP contribution is 2.28. The molecule has 3 rings (SSSR count). The van der Waals surface area contributed by atoms with Crippen LogP contribution in [0.2, 0.25) is 0 Å². The van der Waals surface area contributed by atoms with Crippen molar-refractivity contribution in [2.75, 3.05) is 5.32 Å². The number of hydrogen-bond donors (Lipinski definition) is 2. The molecule has 0 atom stereocenters. The lowest BCUT2D eigenvalue weighted by Crippen LogP contribution is -2.41. The molecule has 2 amide bonds. The number of benzene rings is 2. The van der Waals surface area contributed by atoms with Crippen LogP contribution < -0.4 is 20.1 Å². The maximum Gasteiger partial charge on any atom is 0.573 e. The Bertz CT molecular complexity index is 835. The van der Waals surface area contributed by atoms with Crippen LogP contribution in [0.15, 0.2) is 48.5 Å². The molecule has 0 unspecified atom stereocenters. The Hall–Kier alpha value is -2.97. The summed E-state index contributed by atoms with van der Waals surface area (Å²) in [6, 6.07) is 11.5. The normalized spacial score (nSPS) is 19.1. The standard InChI is InChI=1S/C21H22F4N2O3/c22-13-14-2-1-3-16(12-14)27-20(28)26-15-4-6-17(7-5-15)29-18-8-10-19(11-9-18)30-21(23,24)25/h1-3,8-12,15,17H,4-7,13H2,(H2,26,27,28). The molecular weight excluding hydrogens is 404 g/mol. The average molecular weight is 426 g/mol. The molecule has 30 heavy (non-hydrogen) atoms. The second-order valence-corrected chi connectivity index (χ2v) is 7.04. The summed E-state index contributed by atoms with van der Waals surface area (Å²) >= 11 is 0. The smallest absolute Gasteiger partial charge is 0.490 e. The van der Waals surface area contributed by atoms with Crippen molar-refractivity contribution >= 4 is 11.7 Å². The zero-order chi connectivity index (χ0) is 21.6. The summed E-state index contributed by atoms with van der Waals surface area (Å²) in [5, 5.41) is 5.59. The van der Waals surface area contributed by atoms with Gasteiger partial charge in [-0.1, -0.05) is 12.1 Å². The highest BCUT2D eigenvalue weighted by molar-refractivity contribution is 5.89. The van der Waals surface area contributed by atoms with Crippen LogP contribution in [-0.4, -0.2) is 24.5 Å². The maximum atomic E-state index is 12.7. The Balaban J connectivity index is 1.41. The van der Waals surface area contributed by atoms with Gasteiger partial charge in [0.15, 0.2) is 0 Å². The first kappa shape index (κ1) is 21.7. The van der Waals surface area contributed by atoms with Gasteiger partial charge in [0.05, 0.1) is 6.10 Å². The Morgan fingerprint density at radius 1 is 1.00 bits per heavy atom. The fraction of sp³-hybridized carbons (Fsp3) is 0.381. The molecule has 1 saturated carbocycles. The van der Waals surface area contributed by atoms with E-state index in [0.717, 1.165) is 0 Å². The van der Waals surface area contributed by atoms with E-state index in [1.54, 1.807) is 24.3 Å². The molecule has 162 valence electrons. The lowest BCUT2D eigenvalue weighted by molar-refractivity contribution is -0.274. The molecule has 0 spiro atoms. The van der Waals surface area contributed by atoms with Gasteiger partial charge in [-0.25, -0.2) is 9.18 Å². The first-order valence-corrected chi connectivity index (χ1v) is 9.55. The third kappa shape index (κ3) is 6.82. The van der Waals surface area contributed by atoms with E-state index >= 15 is 0 Å². The van der Waals surface area contributed by atoms with Crippen molar-refractivity contribution in [1.29, 1.82) is 0 Å². The molecule has 2 N–H and O–H groups in total. The first-order chi connectivity index (χ1) is 14.3. The van der Waals surface area contributed by atoms with Gasteiger partial charge in [-0.05, 0) is 67.6 Å². The molecule has 0 saturated heterocycles. The number of halogens is 4. The van der Waals surface area contributed by atoms with Crippen molar-refractivity contribution in [2.45, 2.75) is 50.9 Å². The van der Waals surface area contributed by atoms with Gasteiger partial charge in [0.2, 0.25) is 0 Å². The second-order valence-electron chi connectivity index (χ2n) is 7.04. The Morgan fingerprint density at radius 3 is 2.30 bits per heavy atom. The predicted octanol–water partition coefficient (Wildman–Crippen LogP) is 5.57. The molecule has 2 aromatic rings. The summed E-state index contributed by atoms with van der Waals surface area (Å²) < 4.78 is 58.9. The number of carbonyl (C=O) groups is 1. The topological polar surface area (TPSA) is 59.6 Å². The van der Waals surface area contributed by atoms with E-state index in [0.29, 0.717) is 42.7 Å². The molecule has 5 nitrogen and oxygen atoms in total. The van der Waals surface area contributed by atoms with E-state index < -0.39 is 13.0 Å². The summed E-state index contributed by atoms with van der Waals surface area (Å²) in [5.41, 5.74) is 1.01. The Labute approximate surface area is 171 Å². The number of nitrogens with one attached hydrogen (secondary N) is 2. The monoisotopic (exact) mass is 426 g/mol. The lowest BCUT2D eigenvalue weighted by atomic mass is 9.93. The van der Waals surface area contributed by atoms with Crippen LogP contribution in [0.1, 0.15) is 31.2 Å². The molecule has 2 aromatic carbocycles. The highest BCUT2D eigenvalue weighted by atomic mass is 19.4. The lowest BCUT2D eigenvalue weighted by Gasteiger charge is -2.29. The molecule has 0 aromatic heterocycles. The second kappa shape index (κ2) is 9.69. The summed E-state index contributed by atoms with van der Waals surface area (Å²) in [6.45, 7) is -0.598. The van der Waals surface area contributed by atoms with Gasteiger partial charge < -0.3 is 20.1 Å². The maximum absolute atomic E-state index is 12.7. The number of carbonyl (C=O) groups excluding carboxylic acids is 1. The molecular formula is C21H22F4N2O3. The van der Waals surface area contributed by atoms with Crippen molar-refractivity contribution < 1.29 is 31.8 Å². The van der Waals surface area contributed by atoms with Crippen LogP contribution in [0.3, 0.4) is 0 Å². The number of urea groups is 1. The van der Waals surface area contributed by atoms with Crippen LogP contribution in [0.4, 0.5) is 28.0 Å². The molecule has 0 aliphatic heterocycles. The fourth-order valence-electron chi connectivity index (χ4n) is 3.32. The third-order valence-electron chi connectivity index (χ3n) is 4.71. The number of ether oxygens (including phenoxy) is 2. The molecule has 1 aliphatic carbocycles. The van der Waals surface area contributed by atoms with Crippen molar-refractivity contribution in [3.05, 3.63) is 54.1 Å². The number of amides is 2. The minimum atomic E-state index is -4.73. The summed E-state index contributed by atoms with van der Waals surface area (Å²) in [7, 11) is 0. The van der Waals surface area contributed by atoms with Crippen LogP contribution >= 0.6 is 0 Å². The van der Waals surface area contributed by atoms with Crippen LogP contribution in [0.25, 0.3) is 0 Å². The molecule has 0 heterocycles. The molecule has 0 bridgehead atoms. The first-order valence-electron chi connectivity index (χ1n) is 9.55. The minimum absolute atomic E-state index is 0.0169. The van der Waals surface area contributed by atoms with Crippen molar-refractivity contribution in [2.24, 2.45) is 0 Å². The van der Waals surface area contributed by atoms with E-state index in [1.807, 2.05) is 0 Å². The van der Waals surface area contributed by atoms with E-state index in [4.69, 9.17) is 4.74 Å². The minimum Gasteiger partial charge on any atom is -0.490 e. The number of hydrogen-bond acceptors (Lipinski definition) is 3. The summed E-state index contributed by atoms with van der Waals surface area (Å²) in [6.07, 6.45) is -2.00. The molecule has 9 heteroatoms. The van der Waals surface area contributed by atoms with Crippen molar-refractivity contribution in [3.8, 4) is 11.5 Å². The van der Waals surface area contributed by atoms with Gasteiger partial charge in [-0.15, -0.1) is 13.2 Å². The molecule has 0 radical (unpaired) electrons. The van der Waals surface area contributed by atoms with E-state index in [9.17, 15) is 22.4 Å². The van der Waals surface area contributed by atoms with E-state index in [-0.39, 0.29) is 23.9 Å². The SMILES string of the molecule is O=C(Nc1cccc(CF)c1)NC1CCC(Oc2ccc(OC(F)(F)F)cc2)CC1. The Morgan fingerprint density at radius 2 is 1.67 bits per heavy atom. The molecule has 1 fully saturated rings. The highest BCUT2D eigenvalue weighted by Gasteiger charge is 2.31. The number of alkyl halides is 4. The molecule has 1 aliphatic rings. The zero-order valence-corrected chi connectivity index (χ0v) is 16.0. The van der Waals surface area contributed by atoms with Crippen LogP contribution in [0.5, 0.6) is 11.5 Å². The van der Waals surface area contributed by atoms with Crippen LogP contribution in [-0.2, 0) is 6.67 Å². The van der Waals surface area contributed by atoms with Crippen molar-refractivity contribution in [1.82, 2.24) is 5.32 Å². The van der Waals surface area contributed by atoms with Gasteiger partial charge in [0.25, 0.3) is 0 Å². The summed E-state index contributed by atoms with van der Waals surface area (Å²) in [4.78, 5) is 12.1. The van der Waals surface area contributed by atoms with E-state index in [1.165, 1.54) is 24.3 Å². The average Bonchev–Trinajstić information content (AvgIpc) is 2.70. The Kier molecular flexibility index (Phi) is 7.02. The number of anilines is 1. The van der Waals surface area contributed by atoms with Crippen LogP contribution in [0, 0.1) is 0 Å². The third-order valence-corrected chi connectivity index (χ3v) is 4.71. The fourth-order valence-corrected chi connectivity index (χ4v) is 3.32. The predicted molar refractivity (Wildman–Crippen MR) is 103 cm³/mol. The summed E-state index contributed by atoms with van der Waals surface area (Å²) in [5.74, 6) is 0.164. The van der Waals surface area contributed by atoms with Gasteiger partial charge in [0.1, 0.15) is 18.2 Å². The van der Waals surface area contributed by atoms with Gasteiger partial charge >= 0.3 is 12.4 Å². The van der Waals surface area contributed by atoms with E-state index in [2.05, 4.69) is 15.4 Å².